The van der Waals surface area contributed by atoms with E-state index < -0.39 is 15.7 Å². The molecule has 18 heavy (non-hydrogen) atoms. The molecular formula is C12H15ClFNO2S. The zero-order valence-corrected chi connectivity index (χ0v) is 11.4. The number of hydrogen-bond donors (Lipinski definition) is 1. The third kappa shape index (κ3) is 3.43. The maximum atomic E-state index is 13.6. The highest BCUT2D eigenvalue weighted by molar-refractivity contribution is 7.91. The zero-order chi connectivity index (χ0) is 13.2. The fourth-order valence-electron chi connectivity index (χ4n) is 2.13. The molecule has 1 aliphatic heterocycles. The standard InChI is InChI=1S/C12H15ClFNO2S/c13-11-3-1-2-10(12(11)14)7-15-6-9-4-5-18(16,17)8-9/h1-3,9,15H,4-8H2. The highest BCUT2D eigenvalue weighted by Crippen LogP contribution is 2.19. The van der Waals surface area contributed by atoms with Crippen LogP contribution in [0.4, 0.5) is 4.39 Å². The summed E-state index contributed by atoms with van der Waals surface area (Å²) in [6.45, 7) is 0.953. The zero-order valence-electron chi connectivity index (χ0n) is 9.83. The molecule has 1 aliphatic rings. The van der Waals surface area contributed by atoms with Crippen molar-refractivity contribution >= 4 is 21.4 Å². The van der Waals surface area contributed by atoms with Gasteiger partial charge in [0.2, 0.25) is 0 Å². The molecule has 0 bridgehead atoms. The van der Waals surface area contributed by atoms with E-state index in [1.807, 2.05) is 0 Å². The summed E-state index contributed by atoms with van der Waals surface area (Å²) >= 11 is 5.68. The summed E-state index contributed by atoms with van der Waals surface area (Å²) in [6, 6.07) is 4.87. The van der Waals surface area contributed by atoms with Crippen LogP contribution in [-0.4, -0.2) is 26.5 Å². The van der Waals surface area contributed by atoms with E-state index in [1.165, 1.54) is 6.07 Å². The van der Waals surface area contributed by atoms with Gasteiger partial charge in [-0.2, -0.15) is 0 Å². The molecule has 1 N–H and O–H groups in total. The van der Waals surface area contributed by atoms with Crippen molar-refractivity contribution in [2.75, 3.05) is 18.1 Å². The Balaban J connectivity index is 1.84. The Kier molecular flexibility index (Phi) is 4.25. The number of hydrogen-bond acceptors (Lipinski definition) is 3. The molecule has 3 nitrogen and oxygen atoms in total. The molecule has 1 heterocycles. The third-order valence-electron chi connectivity index (χ3n) is 3.11. The molecule has 100 valence electrons. The van der Waals surface area contributed by atoms with Crippen molar-refractivity contribution in [1.29, 1.82) is 0 Å². The summed E-state index contributed by atoms with van der Waals surface area (Å²) in [5.41, 5.74) is 0.503. The second-order valence-electron chi connectivity index (χ2n) is 4.61. The lowest BCUT2D eigenvalue weighted by Crippen LogP contribution is -2.23. The van der Waals surface area contributed by atoms with Crippen LogP contribution < -0.4 is 5.32 Å². The van der Waals surface area contributed by atoms with E-state index in [0.717, 1.165) is 0 Å². The Bertz CT molecular complexity index is 533. The summed E-state index contributed by atoms with van der Waals surface area (Å²) in [4.78, 5) is 0. The lowest BCUT2D eigenvalue weighted by Gasteiger charge is -2.10. The third-order valence-corrected chi connectivity index (χ3v) is 5.24. The maximum absolute atomic E-state index is 13.6. The van der Waals surface area contributed by atoms with Gasteiger partial charge in [-0.15, -0.1) is 0 Å². The van der Waals surface area contributed by atoms with Crippen LogP contribution in [0, 0.1) is 11.7 Å². The molecule has 0 aromatic heterocycles. The second-order valence-corrected chi connectivity index (χ2v) is 7.25. The van der Waals surface area contributed by atoms with E-state index in [9.17, 15) is 12.8 Å². The number of sulfone groups is 1. The molecule has 0 spiro atoms. The number of nitrogens with one attached hydrogen (secondary N) is 1. The maximum Gasteiger partial charge on any atom is 0.150 e. The molecule has 1 unspecified atom stereocenters. The van der Waals surface area contributed by atoms with E-state index >= 15 is 0 Å². The lowest BCUT2D eigenvalue weighted by atomic mass is 10.1. The smallest absolute Gasteiger partial charge is 0.150 e. The van der Waals surface area contributed by atoms with E-state index in [0.29, 0.717) is 25.1 Å². The molecule has 1 aromatic rings. The Morgan fingerprint density at radius 2 is 2.22 bits per heavy atom. The first-order valence-electron chi connectivity index (χ1n) is 5.82. The van der Waals surface area contributed by atoms with Crippen LogP contribution in [0.15, 0.2) is 18.2 Å². The highest BCUT2D eigenvalue weighted by Gasteiger charge is 2.27. The summed E-state index contributed by atoms with van der Waals surface area (Å²) in [5.74, 6) is 0.228. The molecule has 0 aliphatic carbocycles. The molecule has 0 radical (unpaired) electrons. The predicted octanol–water partition coefficient (Wildman–Crippen LogP) is 2.00. The largest absolute Gasteiger partial charge is 0.312 e. The fraction of sp³-hybridized carbons (Fsp3) is 0.500. The van der Waals surface area contributed by atoms with Gasteiger partial charge in [0, 0.05) is 12.1 Å². The lowest BCUT2D eigenvalue weighted by molar-refractivity contribution is 0.510. The summed E-state index contributed by atoms with van der Waals surface area (Å²) in [6.07, 6.45) is 0.688. The number of halogens is 2. The van der Waals surface area contributed by atoms with E-state index in [4.69, 9.17) is 11.6 Å². The SMILES string of the molecule is O=S1(=O)CCC(CNCc2cccc(Cl)c2F)C1. The van der Waals surface area contributed by atoms with Gasteiger partial charge in [0.15, 0.2) is 9.84 Å². The quantitative estimate of drug-likeness (QED) is 0.923. The topological polar surface area (TPSA) is 46.2 Å². The Hall–Kier alpha value is -0.650. The first kappa shape index (κ1) is 13.8. The minimum absolute atomic E-state index is 0.109. The average Bonchev–Trinajstić information content (AvgIpc) is 2.64. The van der Waals surface area contributed by atoms with Gasteiger partial charge in [0.05, 0.1) is 16.5 Å². The van der Waals surface area contributed by atoms with Gasteiger partial charge < -0.3 is 5.32 Å². The van der Waals surface area contributed by atoms with Gasteiger partial charge >= 0.3 is 0 Å². The normalized spacial score (nSPS) is 22.2. The Morgan fingerprint density at radius 1 is 1.44 bits per heavy atom. The van der Waals surface area contributed by atoms with Gasteiger partial charge in [-0.3, -0.25) is 0 Å². The summed E-state index contributed by atoms with van der Waals surface area (Å²) in [5, 5.41) is 3.20. The molecule has 1 saturated heterocycles. The van der Waals surface area contributed by atoms with Crippen molar-refractivity contribution in [3.63, 3.8) is 0 Å². The number of benzene rings is 1. The average molecular weight is 292 g/mol. The van der Waals surface area contributed by atoms with Crippen molar-refractivity contribution in [2.45, 2.75) is 13.0 Å². The van der Waals surface area contributed by atoms with Crippen LogP contribution in [0.1, 0.15) is 12.0 Å². The van der Waals surface area contributed by atoms with Crippen LogP contribution in [0.3, 0.4) is 0 Å². The van der Waals surface area contributed by atoms with E-state index in [1.54, 1.807) is 12.1 Å². The fourth-order valence-corrected chi connectivity index (χ4v) is 4.18. The molecule has 1 fully saturated rings. The van der Waals surface area contributed by atoms with Gasteiger partial charge in [-0.1, -0.05) is 23.7 Å². The van der Waals surface area contributed by atoms with Crippen molar-refractivity contribution in [3.05, 3.63) is 34.6 Å². The van der Waals surface area contributed by atoms with E-state index in [-0.39, 0.29) is 22.4 Å². The predicted molar refractivity (Wildman–Crippen MR) is 69.9 cm³/mol. The molecule has 6 heteroatoms. The first-order valence-corrected chi connectivity index (χ1v) is 8.02. The molecule has 1 atom stereocenters. The van der Waals surface area contributed by atoms with Crippen LogP contribution >= 0.6 is 11.6 Å². The molecule has 0 saturated carbocycles. The van der Waals surface area contributed by atoms with Crippen molar-refractivity contribution in [3.8, 4) is 0 Å². The van der Waals surface area contributed by atoms with Crippen LogP contribution in [0.5, 0.6) is 0 Å². The second kappa shape index (κ2) is 5.55. The minimum atomic E-state index is -2.84. The molecule has 2 rings (SSSR count). The molecule has 0 amide bonds. The van der Waals surface area contributed by atoms with Gasteiger partial charge in [0.25, 0.3) is 0 Å². The summed E-state index contributed by atoms with van der Waals surface area (Å²) in [7, 11) is -2.84. The Labute approximate surface area is 111 Å². The molecular weight excluding hydrogens is 277 g/mol. The number of rotatable bonds is 4. The first-order chi connectivity index (χ1) is 8.48. The minimum Gasteiger partial charge on any atom is -0.312 e. The summed E-state index contributed by atoms with van der Waals surface area (Å²) < 4.78 is 36.1. The monoisotopic (exact) mass is 291 g/mol. The highest BCUT2D eigenvalue weighted by atomic mass is 35.5. The van der Waals surface area contributed by atoms with Crippen molar-refractivity contribution < 1.29 is 12.8 Å². The van der Waals surface area contributed by atoms with Gasteiger partial charge in [-0.25, -0.2) is 12.8 Å². The van der Waals surface area contributed by atoms with Crippen LogP contribution in [0.2, 0.25) is 5.02 Å². The Morgan fingerprint density at radius 3 is 2.89 bits per heavy atom. The molecule has 1 aromatic carbocycles. The van der Waals surface area contributed by atoms with Crippen LogP contribution in [0.25, 0.3) is 0 Å². The van der Waals surface area contributed by atoms with Gasteiger partial charge in [0.1, 0.15) is 5.82 Å². The van der Waals surface area contributed by atoms with Crippen molar-refractivity contribution in [2.24, 2.45) is 5.92 Å². The van der Waals surface area contributed by atoms with E-state index in [2.05, 4.69) is 5.32 Å². The van der Waals surface area contributed by atoms with Gasteiger partial charge in [-0.05, 0) is 24.9 Å². The van der Waals surface area contributed by atoms with Crippen LogP contribution in [-0.2, 0) is 16.4 Å². The van der Waals surface area contributed by atoms with Crippen molar-refractivity contribution in [1.82, 2.24) is 5.32 Å².